The number of aromatic nitrogens is 1. The van der Waals surface area contributed by atoms with Crippen LogP contribution >= 0.6 is 11.3 Å². The molecule has 1 aliphatic heterocycles. The largest absolute Gasteiger partial charge is 0.484 e. The van der Waals surface area contributed by atoms with Gasteiger partial charge < -0.3 is 15.4 Å². The van der Waals surface area contributed by atoms with Crippen molar-refractivity contribution in [2.75, 3.05) is 25.4 Å². The maximum Gasteiger partial charge on any atom is 0.260 e. The number of rotatable bonds is 4. The van der Waals surface area contributed by atoms with E-state index >= 15 is 0 Å². The number of thiazole rings is 1. The summed E-state index contributed by atoms with van der Waals surface area (Å²) in [4.78, 5) is 18.4. The molecule has 2 aromatic rings. The SMILES string of the molecule is Nc1nc(-c2cccc(OCC(=O)N3CCCCCC3)c2)cs1. The Morgan fingerprint density at radius 2 is 2.04 bits per heavy atom. The number of anilines is 1. The van der Waals surface area contributed by atoms with E-state index in [0.29, 0.717) is 10.9 Å². The molecule has 1 aromatic heterocycles. The minimum absolute atomic E-state index is 0.0650. The van der Waals surface area contributed by atoms with Crippen LogP contribution < -0.4 is 10.5 Å². The molecular weight excluding hydrogens is 310 g/mol. The topological polar surface area (TPSA) is 68.5 Å². The van der Waals surface area contributed by atoms with E-state index in [0.717, 1.165) is 37.2 Å². The third-order valence-corrected chi connectivity index (χ3v) is 4.65. The van der Waals surface area contributed by atoms with Crippen LogP contribution in [0.4, 0.5) is 5.13 Å². The summed E-state index contributed by atoms with van der Waals surface area (Å²) >= 11 is 1.41. The number of amides is 1. The molecule has 122 valence electrons. The Kier molecular flexibility index (Phi) is 5.12. The van der Waals surface area contributed by atoms with Gasteiger partial charge in [-0.3, -0.25) is 4.79 Å². The Balaban J connectivity index is 1.60. The highest BCUT2D eigenvalue weighted by molar-refractivity contribution is 7.13. The van der Waals surface area contributed by atoms with Crippen molar-refractivity contribution in [1.29, 1.82) is 0 Å². The number of hydrogen-bond acceptors (Lipinski definition) is 5. The van der Waals surface area contributed by atoms with Crippen LogP contribution in [0.5, 0.6) is 5.75 Å². The fraction of sp³-hybridized carbons (Fsp3) is 0.412. The van der Waals surface area contributed by atoms with E-state index in [1.54, 1.807) is 0 Å². The lowest BCUT2D eigenvalue weighted by atomic mass is 10.2. The molecule has 0 bridgehead atoms. The molecule has 0 radical (unpaired) electrons. The molecule has 1 aromatic carbocycles. The fourth-order valence-electron chi connectivity index (χ4n) is 2.72. The lowest BCUT2D eigenvalue weighted by molar-refractivity contribution is -0.133. The van der Waals surface area contributed by atoms with Gasteiger partial charge >= 0.3 is 0 Å². The number of carbonyl (C=O) groups is 1. The zero-order valence-corrected chi connectivity index (χ0v) is 13.8. The van der Waals surface area contributed by atoms with Crippen molar-refractivity contribution in [3.63, 3.8) is 0 Å². The molecular formula is C17H21N3O2S. The number of nitrogen functional groups attached to an aromatic ring is 1. The highest BCUT2D eigenvalue weighted by Gasteiger charge is 2.16. The van der Waals surface area contributed by atoms with E-state index in [1.807, 2.05) is 34.5 Å². The van der Waals surface area contributed by atoms with E-state index in [2.05, 4.69) is 4.98 Å². The number of ether oxygens (including phenoxy) is 1. The summed E-state index contributed by atoms with van der Waals surface area (Å²) < 4.78 is 5.68. The van der Waals surface area contributed by atoms with Gasteiger partial charge in [-0.15, -0.1) is 11.3 Å². The fourth-order valence-corrected chi connectivity index (χ4v) is 3.29. The summed E-state index contributed by atoms with van der Waals surface area (Å²) in [6.07, 6.45) is 4.60. The first kappa shape index (κ1) is 15.8. The molecule has 23 heavy (non-hydrogen) atoms. The van der Waals surface area contributed by atoms with Crippen LogP contribution in [0.1, 0.15) is 25.7 Å². The van der Waals surface area contributed by atoms with Crippen molar-refractivity contribution >= 4 is 22.4 Å². The molecule has 1 fully saturated rings. The predicted octanol–water partition coefficient (Wildman–Crippen LogP) is 3.17. The summed E-state index contributed by atoms with van der Waals surface area (Å²) in [6, 6.07) is 7.60. The van der Waals surface area contributed by atoms with E-state index < -0.39 is 0 Å². The molecule has 5 nitrogen and oxygen atoms in total. The molecule has 2 N–H and O–H groups in total. The average Bonchev–Trinajstić information content (AvgIpc) is 2.84. The Labute approximate surface area is 140 Å². The first-order valence-electron chi connectivity index (χ1n) is 7.94. The molecule has 3 rings (SSSR count). The second kappa shape index (κ2) is 7.46. The highest BCUT2D eigenvalue weighted by Crippen LogP contribution is 2.26. The zero-order chi connectivity index (χ0) is 16.1. The predicted molar refractivity (Wildman–Crippen MR) is 92.5 cm³/mol. The first-order chi connectivity index (χ1) is 11.2. The van der Waals surface area contributed by atoms with Gasteiger partial charge in [0, 0.05) is 24.0 Å². The molecule has 1 saturated heterocycles. The Bertz CT molecular complexity index is 663. The van der Waals surface area contributed by atoms with Crippen molar-refractivity contribution in [1.82, 2.24) is 9.88 Å². The quantitative estimate of drug-likeness (QED) is 0.934. The van der Waals surface area contributed by atoms with Gasteiger partial charge in [0.2, 0.25) is 0 Å². The molecule has 0 unspecified atom stereocenters. The van der Waals surface area contributed by atoms with Gasteiger partial charge in [0.05, 0.1) is 5.69 Å². The third-order valence-electron chi connectivity index (χ3n) is 3.97. The lowest BCUT2D eigenvalue weighted by Gasteiger charge is -2.20. The summed E-state index contributed by atoms with van der Waals surface area (Å²) in [5.41, 5.74) is 7.45. The van der Waals surface area contributed by atoms with Gasteiger partial charge in [-0.05, 0) is 25.0 Å². The minimum Gasteiger partial charge on any atom is -0.484 e. The monoisotopic (exact) mass is 331 g/mol. The zero-order valence-electron chi connectivity index (χ0n) is 13.0. The van der Waals surface area contributed by atoms with Gasteiger partial charge in [0.1, 0.15) is 5.75 Å². The Morgan fingerprint density at radius 1 is 1.26 bits per heavy atom. The van der Waals surface area contributed by atoms with E-state index in [9.17, 15) is 4.79 Å². The number of benzene rings is 1. The number of hydrogen-bond donors (Lipinski definition) is 1. The molecule has 0 spiro atoms. The second-order valence-electron chi connectivity index (χ2n) is 5.68. The van der Waals surface area contributed by atoms with Crippen LogP contribution in [0, 0.1) is 0 Å². The standard InChI is InChI=1S/C17H21N3O2S/c18-17-19-15(12-23-17)13-6-5-7-14(10-13)22-11-16(21)20-8-3-1-2-4-9-20/h5-7,10,12H,1-4,8-9,11H2,(H2,18,19). The smallest absolute Gasteiger partial charge is 0.260 e. The van der Waals surface area contributed by atoms with Crippen LogP contribution in [0.2, 0.25) is 0 Å². The molecule has 2 heterocycles. The van der Waals surface area contributed by atoms with Gasteiger partial charge in [0.25, 0.3) is 5.91 Å². The molecule has 1 aliphatic rings. The Morgan fingerprint density at radius 3 is 2.74 bits per heavy atom. The maximum absolute atomic E-state index is 12.3. The van der Waals surface area contributed by atoms with Crippen molar-refractivity contribution in [3.05, 3.63) is 29.6 Å². The normalized spacial score (nSPS) is 15.2. The average molecular weight is 331 g/mol. The van der Waals surface area contributed by atoms with Crippen LogP contribution in [0.25, 0.3) is 11.3 Å². The Hall–Kier alpha value is -2.08. The number of likely N-dealkylation sites (tertiary alicyclic amines) is 1. The molecule has 6 heteroatoms. The molecule has 1 amide bonds. The second-order valence-corrected chi connectivity index (χ2v) is 6.57. The van der Waals surface area contributed by atoms with Crippen LogP contribution in [-0.2, 0) is 4.79 Å². The van der Waals surface area contributed by atoms with Crippen LogP contribution in [-0.4, -0.2) is 35.5 Å². The van der Waals surface area contributed by atoms with E-state index in [-0.39, 0.29) is 12.5 Å². The van der Waals surface area contributed by atoms with Gasteiger partial charge in [-0.2, -0.15) is 0 Å². The van der Waals surface area contributed by atoms with Crippen molar-refractivity contribution in [3.8, 4) is 17.0 Å². The number of carbonyl (C=O) groups excluding carboxylic acids is 1. The van der Waals surface area contributed by atoms with Crippen LogP contribution in [0.15, 0.2) is 29.6 Å². The van der Waals surface area contributed by atoms with E-state index in [1.165, 1.54) is 24.2 Å². The molecule has 0 atom stereocenters. The van der Waals surface area contributed by atoms with Gasteiger partial charge in [-0.25, -0.2) is 4.98 Å². The highest BCUT2D eigenvalue weighted by atomic mass is 32.1. The summed E-state index contributed by atoms with van der Waals surface area (Å²) in [7, 11) is 0. The minimum atomic E-state index is 0.0650. The summed E-state index contributed by atoms with van der Waals surface area (Å²) in [5.74, 6) is 0.743. The summed E-state index contributed by atoms with van der Waals surface area (Å²) in [5, 5.41) is 2.46. The number of nitrogens with zero attached hydrogens (tertiary/aromatic N) is 2. The van der Waals surface area contributed by atoms with Crippen molar-refractivity contribution < 1.29 is 9.53 Å². The van der Waals surface area contributed by atoms with Crippen LogP contribution in [0.3, 0.4) is 0 Å². The first-order valence-corrected chi connectivity index (χ1v) is 8.82. The lowest BCUT2D eigenvalue weighted by Crippen LogP contribution is -2.35. The van der Waals surface area contributed by atoms with Gasteiger partial charge in [-0.1, -0.05) is 25.0 Å². The molecule has 0 aliphatic carbocycles. The maximum atomic E-state index is 12.3. The molecule has 0 saturated carbocycles. The summed E-state index contributed by atoms with van der Waals surface area (Å²) in [6.45, 7) is 1.78. The van der Waals surface area contributed by atoms with Crippen molar-refractivity contribution in [2.24, 2.45) is 0 Å². The van der Waals surface area contributed by atoms with E-state index in [4.69, 9.17) is 10.5 Å². The third kappa shape index (κ3) is 4.22. The number of nitrogens with two attached hydrogens (primary N) is 1. The van der Waals surface area contributed by atoms with Crippen molar-refractivity contribution in [2.45, 2.75) is 25.7 Å². The van der Waals surface area contributed by atoms with Gasteiger partial charge in [0.15, 0.2) is 11.7 Å².